The van der Waals surface area contributed by atoms with E-state index in [0.717, 1.165) is 24.4 Å². The van der Waals surface area contributed by atoms with Gasteiger partial charge in [-0.15, -0.1) is 0 Å². The summed E-state index contributed by atoms with van der Waals surface area (Å²) in [5.74, 6) is -0.424. The van der Waals surface area contributed by atoms with Crippen LogP contribution in [-0.2, 0) is 12.4 Å². The first-order valence-corrected chi connectivity index (χ1v) is 9.03. The largest absolute Gasteiger partial charge is 0.433 e. The second-order valence-electron chi connectivity index (χ2n) is 6.80. The summed E-state index contributed by atoms with van der Waals surface area (Å²) >= 11 is 0. The molecule has 4 heterocycles. The Morgan fingerprint density at radius 3 is 2.28 bits per heavy atom. The lowest BCUT2D eigenvalue weighted by atomic mass is 10.2. The quantitative estimate of drug-likeness (QED) is 0.576. The summed E-state index contributed by atoms with van der Waals surface area (Å²) in [4.78, 5) is 20.6. The van der Waals surface area contributed by atoms with Crippen LogP contribution in [0.2, 0.25) is 0 Å². The van der Waals surface area contributed by atoms with Crippen LogP contribution in [0, 0.1) is 0 Å². The van der Waals surface area contributed by atoms with E-state index in [2.05, 4.69) is 30.2 Å². The molecular weight excluding hydrogens is 444 g/mol. The van der Waals surface area contributed by atoms with Gasteiger partial charge in [0, 0.05) is 25.0 Å². The summed E-state index contributed by atoms with van der Waals surface area (Å²) in [7, 11) is 0. The van der Waals surface area contributed by atoms with Gasteiger partial charge in [-0.2, -0.15) is 41.3 Å². The van der Waals surface area contributed by atoms with Crippen LogP contribution in [0.3, 0.4) is 0 Å². The normalized spacial score (nSPS) is 14.9. The maximum atomic E-state index is 13.0. The third kappa shape index (κ3) is 4.69. The highest BCUT2D eigenvalue weighted by Crippen LogP contribution is 2.31. The van der Waals surface area contributed by atoms with Gasteiger partial charge in [-0.05, 0) is 24.3 Å². The molecule has 2 N–H and O–H groups in total. The fourth-order valence-electron chi connectivity index (χ4n) is 2.80. The van der Waals surface area contributed by atoms with Gasteiger partial charge in [0.05, 0.1) is 6.10 Å². The van der Waals surface area contributed by atoms with Gasteiger partial charge in [0.1, 0.15) is 17.1 Å². The van der Waals surface area contributed by atoms with Crippen molar-refractivity contribution in [2.45, 2.75) is 18.5 Å². The molecule has 168 valence electrons. The second kappa shape index (κ2) is 7.85. The lowest BCUT2D eigenvalue weighted by Crippen LogP contribution is -2.51. The number of hydrogen-bond acceptors (Lipinski definition) is 8. The Hall–Kier alpha value is -3.55. The summed E-state index contributed by atoms with van der Waals surface area (Å²) in [5.41, 5.74) is -2.56. The predicted molar refractivity (Wildman–Crippen MR) is 98.8 cm³/mol. The molecule has 4 rings (SSSR count). The molecule has 0 radical (unpaired) electrons. The summed E-state index contributed by atoms with van der Waals surface area (Å²) in [6.07, 6.45) is -9.07. The van der Waals surface area contributed by atoms with Crippen molar-refractivity contribution in [1.82, 2.24) is 24.9 Å². The van der Waals surface area contributed by atoms with Crippen LogP contribution in [-0.4, -0.2) is 49.2 Å². The molecule has 0 amide bonds. The predicted octanol–water partition coefficient (Wildman–Crippen LogP) is 3.29. The van der Waals surface area contributed by atoms with Crippen LogP contribution in [0.1, 0.15) is 11.4 Å². The zero-order chi connectivity index (χ0) is 23.1. The number of pyridine rings is 2. The maximum absolute atomic E-state index is 13.0. The molecule has 0 saturated carbocycles. The lowest BCUT2D eigenvalue weighted by molar-refractivity contribution is -0.141. The number of rotatable bonds is 4. The van der Waals surface area contributed by atoms with Crippen molar-refractivity contribution < 1.29 is 31.4 Å². The van der Waals surface area contributed by atoms with Crippen LogP contribution in [0.5, 0.6) is 0 Å². The minimum atomic E-state index is -4.69. The molecular formula is C18H13F6N7O. The third-order valence-electron chi connectivity index (χ3n) is 4.34. The summed E-state index contributed by atoms with van der Waals surface area (Å²) < 4.78 is 77.9. The van der Waals surface area contributed by atoms with E-state index in [0.29, 0.717) is 0 Å². The minimum absolute atomic E-state index is 0.0205. The van der Waals surface area contributed by atoms with Crippen molar-refractivity contribution in [2.75, 3.05) is 23.3 Å². The van der Waals surface area contributed by atoms with Crippen molar-refractivity contribution in [2.24, 2.45) is 0 Å². The van der Waals surface area contributed by atoms with Gasteiger partial charge in [0.2, 0.25) is 11.9 Å². The molecule has 14 heteroatoms. The van der Waals surface area contributed by atoms with Crippen LogP contribution in [0.15, 0.2) is 36.5 Å². The fraction of sp³-hybridized carbons (Fsp3) is 0.278. The van der Waals surface area contributed by atoms with Crippen LogP contribution < -0.4 is 10.2 Å². The first-order valence-electron chi connectivity index (χ1n) is 9.03. The Morgan fingerprint density at radius 2 is 1.62 bits per heavy atom. The summed E-state index contributed by atoms with van der Waals surface area (Å²) in [5, 5.41) is 12.1. The van der Waals surface area contributed by atoms with E-state index in [4.69, 9.17) is 0 Å². The third-order valence-corrected chi connectivity index (χ3v) is 4.34. The number of aromatic nitrogens is 5. The van der Waals surface area contributed by atoms with E-state index in [1.807, 2.05) is 0 Å². The van der Waals surface area contributed by atoms with E-state index in [-0.39, 0.29) is 42.2 Å². The van der Waals surface area contributed by atoms with Crippen molar-refractivity contribution in [3.8, 4) is 11.5 Å². The molecule has 8 nitrogen and oxygen atoms in total. The monoisotopic (exact) mass is 457 g/mol. The number of alkyl halides is 6. The number of nitrogens with one attached hydrogen (secondary N) is 1. The van der Waals surface area contributed by atoms with Gasteiger partial charge in [-0.3, -0.25) is 4.98 Å². The molecule has 3 aromatic rings. The maximum Gasteiger partial charge on any atom is 0.433 e. The zero-order valence-corrected chi connectivity index (χ0v) is 15.9. The Balaban J connectivity index is 1.73. The molecule has 1 fully saturated rings. The van der Waals surface area contributed by atoms with E-state index < -0.39 is 29.8 Å². The highest BCUT2D eigenvalue weighted by Gasteiger charge is 2.34. The van der Waals surface area contributed by atoms with Gasteiger partial charge in [-0.25, -0.2) is 4.98 Å². The highest BCUT2D eigenvalue weighted by molar-refractivity contribution is 5.59. The van der Waals surface area contributed by atoms with Crippen molar-refractivity contribution >= 4 is 17.6 Å². The molecule has 3 aromatic heterocycles. The van der Waals surface area contributed by atoms with E-state index in [1.54, 1.807) is 0 Å². The zero-order valence-electron chi connectivity index (χ0n) is 15.9. The number of β-amino-alcohol motifs (C(OH)–C–C–N with tert-alkyl or cyclic N) is 1. The van der Waals surface area contributed by atoms with E-state index >= 15 is 0 Å². The first-order chi connectivity index (χ1) is 15.0. The minimum Gasteiger partial charge on any atom is -0.389 e. The number of halogens is 6. The molecule has 0 atom stereocenters. The number of nitrogens with zero attached hydrogens (tertiary/aromatic N) is 6. The van der Waals surface area contributed by atoms with Gasteiger partial charge < -0.3 is 15.3 Å². The van der Waals surface area contributed by atoms with Gasteiger partial charge in [0.15, 0.2) is 5.82 Å². The molecule has 32 heavy (non-hydrogen) atoms. The van der Waals surface area contributed by atoms with Crippen LogP contribution in [0.25, 0.3) is 11.5 Å². The standard InChI is InChI=1S/C18H13F6N7O/c19-17(20,21)12-3-1-2-11(27-12)14-28-15(30-16(29-14)31-7-10(32)8-31)26-9-4-5-25-13(6-9)18(22,23)24/h1-6,10,32H,7-8H2,(H,25,26,28,29,30). The number of hydrogen-bond donors (Lipinski definition) is 2. The average molecular weight is 457 g/mol. The highest BCUT2D eigenvalue weighted by atomic mass is 19.4. The molecule has 1 aliphatic heterocycles. The molecule has 0 unspecified atom stereocenters. The van der Waals surface area contributed by atoms with Crippen molar-refractivity contribution in [3.05, 3.63) is 47.9 Å². The number of aliphatic hydroxyl groups excluding tert-OH is 1. The fourth-order valence-corrected chi connectivity index (χ4v) is 2.80. The molecule has 0 aliphatic carbocycles. The van der Waals surface area contributed by atoms with Gasteiger partial charge in [-0.1, -0.05) is 6.07 Å². The number of aliphatic hydroxyl groups is 1. The Morgan fingerprint density at radius 1 is 0.906 bits per heavy atom. The average Bonchev–Trinajstić information content (AvgIpc) is 2.70. The molecule has 1 saturated heterocycles. The van der Waals surface area contributed by atoms with Crippen molar-refractivity contribution in [1.29, 1.82) is 0 Å². The number of anilines is 3. The van der Waals surface area contributed by atoms with E-state index in [1.165, 1.54) is 17.0 Å². The Bertz CT molecular complexity index is 1130. The van der Waals surface area contributed by atoms with Crippen molar-refractivity contribution in [3.63, 3.8) is 0 Å². The topological polar surface area (TPSA) is 100.0 Å². The Kier molecular flexibility index (Phi) is 5.32. The summed E-state index contributed by atoms with van der Waals surface area (Å²) in [6, 6.07) is 5.16. The molecule has 1 aliphatic rings. The lowest BCUT2D eigenvalue weighted by Gasteiger charge is -2.35. The molecule has 0 aromatic carbocycles. The van der Waals surface area contributed by atoms with Gasteiger partial charge in [0.25, 0.3) is 0 Å². The van der Waals surface area contributed by atoms with Gasteiger partial charge >= 0.3 is 12.4 Å². The van der Waals surface area contributed by atoms with Crippen LogP contribution in [0.4, 0.5) is 43.9 Å². The Labute approximate surface area is 176 Å². The molecule has 0 bridgehead atoms. The van der Waals surface area contributed by atoms with E-state index in [9.17, 15) is 31.4 Å². The van der Waals surface area contributed by atoms with Crippen LogP contribution >= 0.6 is 0 Å². The smallest absolute Gasteiger partial charge is 0.389 e. The second-order valence-corrected chi connectivity index (χ2v) is 6.80. The SMILES string of the molecule is OC1CN(c2nc(Nc3ccnc(C(F)(F)F)c3)nc(-c3cccc(C(F)(F)F)n3)n2)C1. The first kappa shape index (κ1) is 21.7. The summed E-state index contributed by atoms with van der Waals surface area (Å²) in [6.45, 7) is 0.346. The molecule has 0 spiro atoms.